The fourth-order valence-electron chi connectivity index (χ4n) is 2.61. The molecule has 0 spiro atoms. The molecule has 3 rings (SSSR count). The van der Waals surface area contributed by atoms with Crippen LogP contribution >= 0.6 is 11.6 Å². The lowest BCUT2D eigenvalue weighted by Gasteiger charge is -2.14. The molecule has 5 nitrogen and oxygen atoms in total. The smallest absolute Gasteiger partial charge is 0.162 e. The summed E-state index contributed by atoms with van der Waals surface area (Å²) in [6, 6.07) is 11.2. The van der Waals surface area contributed by atoms with Gasteiger partial charge in [0.1, 0.15) is 12.1 Å². The van der Waals surface area contributed by atoms with Crippen molar-refractivity contribution in [1.29, 1.82) is 0 Å². The highest BCUT2D eigenvalue weighted by Crippen LogP contribution is 2.35. The van der Waals surface area contributed by atoms with Gasteiger partial charge in [0.05, 0.1) is 19.2 Å². The molecular formula is C21H20ClN3O2. The first-order chi connectivity index (χ1) is 13.2. The number of hydrogen-bond donors (Lipinski definition) is 1. The van der Waals surface area contributed by atoms with Gasteiger partial charge in [-0.1, -0.05) is 24.2 Å². The molecule has 0 saturated carbocycles. The standard InChI is InChI=1S/C21H20ClN3O2/c1-3-4-5-6-10-27-20-12-17-18(13-19(20)26-2)23-14-24-21(17)25-16-9-7-8-15(22)11-16/h4,7-9,11-14H,1,5-6,10H2,2H3,(H,23,24,25). The second kappa shape index (κ2) is 9.08. The average Bonchev–Trinajstić information content (AvgIpc) is 2.67. The number of unbranched alkanes of at least 4 members (excludes halogenated alkanes) is 1. The molecule has 27 heavy (non-hydrogen) atoms. The van der Waals surface area contributed by atoms with Crippen LogP contribution < -0.4 is 14.8 Å². The molecule has 0 bridgehead atoms. The minimum atomic E-state index is 0.560. The van der Waals surface area contributed by atoms with E-state index < -0.39 is 0 Å². The number of nitrogens with one attached hydrogen (secondary N) is 1. The fraction of sp³-hybridized carbons (Fsp3) is 0.190. The van der Waals surface area contributed by atoms with Crippen molar-refractivity contribution >= 4 is 34.0 Å². The monoisotopic (exact) mass is 381 g/mol. The lowest BCUT2D eigenvalue weighted by Crippen LogP contribution is -2.01. The Morgan fingerprint density at radius 3 is 2.89 bits per heavy atom. The zero-order valence-corrected chi connectivity index (χ0v) is 15.8. The van der Waals surface area contributed by atoms with E-state index in [-0.39, 0.29) is 0 Å². The lowest BCUT2D eigenvalue weighted by molar-refractivity contribution is 0.291. The largest absolute Gasteiger partial charge is 0.493 e. The Labute approximate surface area is 163 Å². The van der Waals surface area contributed by atoms with Crippen molar-refractivity contribution < 1.29 is 9.47 Å². The van der Waals surface area contributed by atoms with E-state index in [2.05, 4.69) is 27.6 Å². The van der Waals surface area contributed by atoms with Crippen LogP contribution in [0.3, 0.4) is 0 Å². The van der Waals surface area contributed by atoms with Crippen molar-refractivity contribution in [1.82, 2.24) is 9.97 Å². The number of aromatic nitrogens is 2. The molecule has 0 amide bonds. The lowest BCUT2D eigenvalue weighted by atomic mass is 10.2. The third kappa shape index (κ3) is 4.79. The maximum atomic E-state index is 6.07. The predicted molar refractivity (Wildman–Crippen MR) is 109 cm³/mol. The van der Waals surface area contributed by atoms with Crippen molar-refractivity contribution in [2.75, 3.05) is 19.0 Å². The van der Waals surface area contributed by atoms with E-state index in [4.69, 9.17) is 21.1 Å². The molecule has 138 valence electrons. The summed E-state index contributed by atoms with van der Waals surface area (Å²) < 4.78 is 11.4. The molecule has 0 radical (unpaired) electrons. The Hall–Kier alpha value is -3.01. The fourth-order valence-corrected chi connectivity index (χ4v) is 2.80. The number of rotatable bonds is 8. The van der Waals surface area contributed by atoms with Crippen LogP contribution in [0.2, 0.25) is 5.02 Å². The number of benzene rings is 2. The summed E-state index contributed by atoms with van der Waals surface area (Å²) in [4.78, 5) is 8.71. The zero-order valence-electron chi connectivity index (χ0n) is 15.0. The number of methoxy groups -OCH3 is 1. The minimum absolute atomic E-state index is 0.560. The Bertz CT molecular complexity index is 984. The van der Waals surface area contributed by atoms with Crippen molar-refractivity contribution in [3.8, 4) is 11.5 Å². The Kier molecular flexibility index (Phi) is 6.31. The van der Waals surface area contributed by atoms with E-state index >= 15 is 0 Å². The van der Waals surface area contributed by atoms with Crippen LogP contribution in [0.1, 0.15) is 12.8 Å². The van der Waals surface area contributed by atoms with Gasteiger partial charge >= 0.3 is 0 Å². The number of hydrogen-bond acceptors (Lipinski definition) is 5. The maximum Gasteiger partial charge on any atom is 0.162 e. The number of fused-ring (bicyclic) bond motifs is 1. The quantitative estimate of drug-likeness (QED) is 0.410. The molecule has 1 N–H and O–H groups in total. The van der Waals surface area contributed by atoms with Gasteiger partial charge in [0, 0.05) is 22.2 Å². The molecule has 0 aliphatic rings. The van der Waals surface area contributed by atoms with E-state index in [0.717, 1.165) is 29.4 Å². The van der Waals surface area contributed by atoms with Crippen molar-refractivity contribution in [2.45, 2.75) is 12.8 Å². The molecule has 3 aromatic rings. The third-order valence-corrected chi connectivity index (χ3v) is 4.14. The van der Waals surface area contributed by atoms with Gasteiger partial charge in [0.2, 0.25) is 0 Å². The number of nitrogens with zero attached hydrogens (tertiary/aromatic N) is 2. The van der Waals surface area contributed by atoms with Crippen molar-refractivity contribution in [3.63, 3.8) is 0 Å². The first-order valence-electron chi connectivity index (χ1n) is 8.53. The van der Waals surface area contributed by atoms with Gasteiger partial charge in [-0.3, -0.25) is 0 Å². The normalized spacial score (nSPS) is 10.3. The van der Waals surface area contributed by atoms with Gasteiger partial charge in [-0.05, 0) is 43.2 Å². The number of ether oxygens (including phenoxy) is 2. The highest BCUT2D eigenvalue weighted by Gasteiger charge is 2.12. The number of halogens is 1. The van der Waals surface area contributed by atoms with E-state index in [9.17, 15) is 0 Å². The van der Waals surface area contributed by atoms with Crippen LogP contribution in [0.5, 0.6) is 11.5 Å². The van der Waals surface area contributed by atoms with Gasteiger partial charge in [0.15, 0.2) is 11.5 Å². The van der Waals surface area contributed by atoms with Crippen LogP contribution in [0.25, 0.3) is 10.9 Å². The van der Waals surface area contributed by atoms with Crippen LogP contribution in [0.4, 0.5) is 11.5 Å². The van der Waals surface area contributed by atoms with Crippen LogP contribution in [-0.2, 0) is 0 Å². The highest BCUT2D eigenvalue weighted by atomic mass is 35.5. The van der Waals surface area contributed by atoms with E-state index in [1.807, 2.05) is 42.5 Å². The van der Waals surface area contributed by atoms with Gasteiger partial charge < -0.3 is 14.8 Å². The van der Waals surface area contributed by atoms with Gasteiger partial charge in [-0.15, -0.1) is 5.73 Å². The van der Waals surface area contributed by atoms with E-state index in [1.165, 1.54) is 6.33 Å². The second-order valence-electron chi connectivity index (χ2n) is 5.78. The van der Waals surface area contributed by atoms with Crippen molar-refractivity contribution in [3.05, 3.63) is 66.1 Å². The summed E-state index contributed by atoms with van der Waals surface area (Å²) in [5.74, 6) is 1.95. The highest BCUT2D eigenvalue weighted by molar-refractivity contribution is 6.30. The van der Waals surface area contributed by atoms with Gasteiger partial charge in [-0.25, -0.2) is 9.97 Å². The number of anilines is 2. The molecular weight excluding hydrogens is 362 g/mol. The molecule has 0 aliphatic heterocycles. The molecule has 2 aromatic carbocycles. The SMILES string of the molecule is C=C=CCCCOc1cc2c(Nc3cccc(Cl)c3)ncnc2cc1OC. The van der Waals surface area contributed by atoms with E-state index in [0.29, 0.717) is 28.9 Å². The first-order valence-corrected chi connectivity index (χ1v) is 8.91. The molecule has 0 aliphatic carbocycles. The average molecular weight is 382 g/mol. The summed E-state index contributed by atoms with van der Waals surface area (Å²) in [5, 5.41) is 4.77. The van der Waals surface area contributed by atoms with Crippen LogP contribution in [0, 0.1) is 0 Å². The van der Waals surface area contributed by atoms with Crippen LogP contribution in [0.15, 0.2) is 61.1 Å². The molecule has 0 fully saturated rings. The van der Waals surface area contributed by atoms with Gasteiger partial charge in [0.25, 0.3) is 0 Å². The van der Waals surface area contributed by atoms with Gasteiger partial charge in [-0.2, -0.15) is 0 Å². The molecule has 0 unspecified atom stereocenters. The minimum Gasteiger partial charge on any atom is -0.493 e. The molecule has 1 heterocycles. The summed E-state index contributed by atoms with van der Waals surface area (Å²) in [6.07, 6.45) is 5.13. The van der Waals surface area contributed by atoms with Crippen LogP contribution in [-0.4, -0.2) is 23.7 Å². The Morgan fingerprint density at radius 1 is 1.22 bits per heavy atom. The Morgan fingerprint density at radius 2 is 2.11 bits per heavy atom. The predicted octanol–water partition coefficient (Wildman–Crippen LogP) is 5.54. The summed E-state index contributed by atoms with van der Waals surface area (Å²) in [5.41, 5.74) is 4.36. The summed E-state index contributed by atoms with van der Waals surface area (Å²) >= 11 is 6.07. The molecule has 0 atom stereocenters. The molecule has 0 saturated heterocycles. The summed E-state index contributed by atoms with van der Waals surface area (Å²) in [7, 11) is 1.61. The maximum absolute atomic E-state index is 6.07. The third-order valence-electron chi connectivity index (χ3n) is 3.90. The second-order valence-corrected chi connectivity index (χ2v) is 6.21. The summed E-state index contributed by atoms with van der Waals surface area (Å²) in [6.45, 7) is 4.12. The Balaban J connectivity index is 1.90. The first kappa shape index (κ1) is 18.8. The molecule has 6 heteroatoms. The zero-order chi connectivity index (χ0) is 19.1. The van der Waals surface area contributed by atoms with Crippen molar-refractivity contribution in [2.24, 2.45) is 0 Å². The molecule has 1 aromatic heterocycles. The topological polar surface area (TPSA) is 56.3 Å². The number of allylic oxidation sites excluding steroid dienone is 1. The van der Waals surface area contributed by atoms with E-state index in [1.54, 1.807) is 7.11 Å².